The fraction of sp³-hybridized carbons (Fsp3) is 0.308. The minimum Gasteiger partial charge on any atom is -0.491 e. The standard InChI is InChI=1S/C26H26ClFN4O3/c27-20-4-2-19(3-5-20)25-16-31(26(17-34)23-7-1-18(14-29)15-30-23)9-10-32(25)24-8-6-21(13-22(24)28)35-12-11-33/h1-8,13,15,25-26,33-34H,9-12,16-17H2/t25-,26-/m0/s1. The lowest BCUT2D eigenvalue weighted by Crippen LogP contribution is -2.50. The first-order chi connectivity index (χ1) is 17.0. The summed E-state index contributed by atoms with van der Waals surface area (Å²) in [6, 6.07) is 17.1. The maximum atomic E-state index is 15.2. The topological polar surface area (TPSA) is 92.9 Å². The van der Waals surface area contributed by atoms with Gasteiger partial charge in [-0.2, -0.15) is 5.26 Å². The molecule has 1 aliphatic rings. The van der Waals surface area contributed by atoms with Gasteiger partial charge in [-0.25, -0.2) is 4.39 Å². The molecule has 1 aliphatic heterocycles. The van der Waals surface area contributed by atoms with Crippen molar-refractivity contribution in [2.24, 2.45) is 0 Å². The molecule has 2 aromatic carbocycles. The van der Waals surface area contributed by atoms with Crippen molar-refractivity contribution in [2.75, 3.05) is 44.4 Å². The Morgan fingerprint density at radius 1 is 1.14 bits per heavy atom. The van der Waals surface area contributed by atoms with Crippen LogP contribution in [0.3, 0.4) is 0 Å². The van der Waals surface area contributed by atoms with Crippen LogP contribution in [0.2, 0.25) is 5.02 Å². The summed E-state index contributed by atoms with van der Waals surface area (Å²) in [7, 11) is 0. The average Bonchev–Trinajstić information content (AvgIpc) is 2.89. The number of ether oxygens (including phenoxy) is 1. The summed E-state index contributed by atoms with van der Waals surface area (Å²) in [5, 5.41) is 28.8. The Kier molecular flexibility index (Phi) is 8.16. The normalized spacial score (nSPS) is 17.1. The third-order valence-corrected chi connectivity index (χ3v) is 6.38. The summed E-state index contributed by atoms with van der Waals surface area (Å²) >= 11 is 6.11. The fourth-order valence-corrected chi connectivity index (χ4v) is 4.51. The predicted octanol–water partition coefficient (Wildman–Crippen LogP) is 3.71. The van der Waals surface area contributed by atoms with E-state index in [1.807, 2.05) is 29.2 Å². The lowest BCUT2D eigenvalue weighted by molar-refractivity contribution is 0.1000. The summed E-state index contributed by atoms with van der Waals surface area (Å²) in [6.07, 6.45) is 1.50. The zero-order chi connectivity index (χ0) is 24.8. The van der Waals surface area contributed by atoms with Gasteiger partial charge in [-0.05, 0) is 42.0 Å². The van der Waals surface area contributed by atoms with Crippen LogP contribution in [0.4, 0.5) is 10.1 Å². The van der Waals surface area contributed by atoms with Crippen LogP contribution in [0.1, 0.15) is 28.9 Å². The fourth-order valence-electron chi connectivity index (χ4n) is 4.38. The maximum absolute atomic E-state index is 15.2. The lowest BCUT2D eigenvalue weighted by Gasteiger charge is -2.45. The quantitative estimate of drug-likeness (QED) is 0.491. The molecular formula is C26H26ClFN4O3. The molecular weight excluding hydrogens is 471 g/mol. The van der Waals surface area contributed by atoms with E-state index in [0.717, 1.165) is 5.56 Å². The number of benzene rings is 2. The van der Waals surface area contributed by atoms with Gasteiger partial charge in [0.2, 0.25) is 0 Å². The molecule has 7 nitrogen and oxygen atoms in total. The lowest BCUT2D eigenvalue weighted by atomic mass is 9.99. The van der Waals surface area contributed by atoms with Crippen molar-refractivity contribution in [3.63, 3.8) is 0 Å². The zero-order valence-corrected chi connectivity index (χ0v) is 19.8. The molecule has 0 amide bonds. The summed E-state index contributed by atoms with van der Waals surface area (Å²) in [5.74, 6) is -0.0606. The van der Waals surface area contributed by atoms with Crippen molar-refractivity contribution in [1.29, 1.82) is 5.26 Å². The minimum atomic E-state index is -0.416. The Morgan fingerprint density at radius 3 is 2.57 bits per heavy atom. The van der Waals surface area contributed by atoms with E-state index in [1.165, 1.54) is 12.3 Å². The number of aromatic nitrogens is 1. The Hall–Kier alpha value is -3.22. The van der Waals surface area contributed by atoms with Crippen molar-refractivity contribution in [2.45, 2.75) is 12.1 Å². The molecule has 2 N–H and O–H groups in total. The van der Waals surface area contributed by atoms with Gasteiger partial charge in [0, 0.05) is 36.9 Å². The minimum absolute atomic E-state index is 0.0940. The highest BCUT2D eigenvalue weighted by Gasteiger charge is 2.34. The number of aliphatic hydroxyl groups excluding tert-OH is 2. The van der Waals surface area contributed by atoms with E-state index in [4.69, 9.17) is 26.7 Å². The first kappa shape index (κ1) is 24.9. The number of hydrogen-bond acceptors (Lipinski definition) is 7. The monoisotopic (exact) mass is 496 g/mol. The van der Waals surface area contributed by atoms with Gasteiger partial charge in [-0.15, -0.1) is 0 Å². The number of piperazine rings is 1. The van der Waals surface area contributed by atoms with Crippen LogP contribution in [0.5, 0.6) is 5.75 Å². The van der Waals surface area contributed by atoms with Gasteiger partial charge in [-0.1, -0.05) is 23.7 Å². The number of halogens is 2. The van der Waals surface area contributed by atoms with Crippen LogP contribution in [-0.2, 0) is 0 Å². The van der Waals surface area contributed by atoms with E-state index in [9.17, 15) is 5.11 Å². The molecule has 1 saturated heterocycles. The molecule has 1 aromatic heterocycles. The van der Waals surface area contributed by atoms with E-state index < -0.39 is 5.82 Å². The van der Waals surface area contributed by atoms with E-state index in [-0.39, 0.29) is 31.9 Å². The number of nitrogens with zero attached hydrogens (tertiary/aromatic N) is 4. The second-order valence-corrected chi connectivity index (χ2v) is 8.66. The Morgan fingerprint density at radius 2 is 1.94 bits per heavy atom. The summed E-state index contributed by atoms with van der Waals surface area (Å²) < 4.78 is 20.5. The van der Waals surface area contributed by atoms with Gasteiger partial charge in [0.05, 0.1) is 42.2 Å². The number of nitriles is 1. The van der Waals surface area contributed by atoms with Gasteiger partial charge in [-0.3, -0.25) is 9.88 Å². The SMILES string of the molecule is N#Cc1ccc([C@H](CO)N2CCN(c3ccc(OCCO)cc3F)[C@H](c3ccc(Cl)cc3)C2)nc1. The van der Waals surface area contributed by atoms with Gasteiger partial charge < -0.3 is 19.8 Å². The third kappa shape index (κ3) is 5.72. The number of hydrogen-bond donors (Lipinski definition) is 2. The molecule has 2 heterocycles. The van der Waals surface area contributed by atoms with Crippen molar-refractivity contribution in [3.8, 4) is 11.8 Å². The molecule has 182 valence electrons. The second-order valence-electron chi connectivity index (χ2n) is 8.22. The molecule has 9 heteroatoms. The second kappa shape index (κ2) is 11.5. The zero-order valence-electron chi connectivity index (χ0n) is 19.0. The predicted molar refractivity (Wildman–Crippen MR) is 131 cm³/mol. The maximum Gasteiger partial charge on any atom is 0.150 e. The van der Waals surface area contributed by atoms with E-state index in [1.54, 1.807) is 24.3 Å². The van der Waals surface area contributed by atoms with Crippen LogP contribution in [0.25, 0.3) is 0 Å². The number of pyridine rings is 1. The number of anilines is 1. The van der Waals surface area contributed by atoms with E-state index >= 15 is 4.39 Å². The van der Waals surface area contributed by atoms with Crippen molar-refractivity contribution in [1.82, 2.24) is 9.88 Å². The molecule has 0 radical (unpaired) electrons. The summed E-state index contributed by atoms with van der Waals surface area (Å²) in [4.78, 5) is 8.52. The first-order valence-electron chi connectivity index (χ1n) is 11.3. The smallest absolute Gasteiger partial charge is 0.150 e. The molecule has 0 unspecified atom stereocenters. The molecule has 1 fully saturated rings. The average molecular weight is 497 g/mol. The Balaban J connectivity index is 1.64. The van der Waals surface area contributed by atoms with Crippen LogP contribution in [0, 0.1) is 17.1 Å². The van der Waals surface area contributed by atoms with E-state index in [2.05, 4.69) is 16.0 Å². The Bertz CT molecular complexity index is 1170. The number of aliphatic hydroxyl groups is 2. The molecule has 4 rings (SSSR count). The van der Waals surface area contributed by atoms with E-state index in [0.29, 0.717) is 47.4 Å². The molecule has 3 aromatic rings. The van der Waals surface area contributed by atoms with Crippen LogP contribution in [-0.4, -0.2) is 59.6 Å². The van der Waals surface area contributed by atoms with Gasteiger partial charge in [0.25, 0.3) is 0 Å². The van der Waals surface area contributed by atoms with Crippen molar-refractivity contribution >= 4 is 17.3 Å². The van der Waals surface area contributed by atoms with Crippen molar-refractivity contribution < 1.29 is 19.3 Å². The molecule has 2 atom stereocenters. The van der Waals surface area contributed by atoms with Gasteiger partial charge in [0.15, 0.2) is 0 Å². The number of rotatable bonds is 8. The first-order valence-corrected chi connectivity index (χ1v) is 11.7. The molecule has 35 heavy (non-hydrogen) atoms. The highest BCUT2D eigenvalue weighted by Crippen LogP contribution is 2.36. The van der Waals surface area contributed by atoms with Crippen LogP contribution >= 0.6 is 11.6 Å². The molecule has 0 aliphatic carbocycles. The van der Waals surface area contributed by atoms with Crippen LogP contribution in [0.15, 0.2) is 60.8 Å². The third-order valence-electron chi connectivity index (χ3n) is 6.13. The van der Waals surface area contributed by atoms with Gasteiger partial charge >= 0.3 is 0 Å². The highest BCUT2D eigenvalue weighted by molar-refractivity contribution is 6.30. The van der Waals surface area contributed by atoms with Crippen LogP contribution < -0.4 is 9.64 Å². The van der Waals surface area contributed by atoms with Crippen molar-refractivity contribution in [3.05, 3.63) is 88.5 Å². The molecule has 0 spiro atoms. The Labute approximate surface area is 208 Å². The molecule has 0 bridgehead atoms. The van der Waals surface area contributed by atoms with Gasteiger partial charge in [0.1, 0.15) is 24.2 Å². The largest absolute Gasteiger partial charge is 0.491 e. The summed E-state index contributed by atoms with van der Waals surface area (Å²) in [6.45, 7) is 1.39. The highest BCUT2D eigenvalue weighted by atomic mass is 35.5. The molecule has 0 saturated carbocycles. The summed E-state index contributed by atoms with van der Waals surface area (Å²) in [5.41, 5.74) is 2.53.